The van der Waals surface area contributed by atoms with Gasteiger partial charge in [0, 0.05) is 43.8 Å². The molecule has 8 nitrogen and oxygen atoms in total. The second-order valence-electron chi connectivity index (χ2n) is 6.57. The smallest absolute Gasteiger partial charge is 0.298 e. The summed E-state index contributed by atoms with van der Waals surface area (Å²) in [5, 5.41) is 3.22. The molecule has 3 aromatic rings. The van der Waals surface area contributed by atoms with Crippen molar-refractivity contribution in [1.29, 1.82) is 0 Å². The molecule has 2 aromatic carbocycles. The van der Waals surface area contributed by atoms with Crippen LogP contribution in [0.1, 0.15) is 28.2 Å². The highest BCUT2D eigenvalue weighted by molar-refractivity contribution is 7.07. The van der Waals surface area contributed by atoms with Crippen molar-refractivity contribution in [3.05, 3.63) is 59.4 Å². The summed E-state index contributed by atoms with van der Waals surface area (Å²) in [7, 11) is 4.80. The van der Waals surface area contributed by atoms with Gasteiger partial charge in [0.2, 0.25) is 0 Å². The highest BCUT2D eigenvalue weighted by Crippen LogP contribution is 2.33. The molecule has 164 valence electrons. The molecule has 0 saturated carbocycles. The van der Waals surface area contributed by atoms with Crippen LogP contribution < -0.4 is 19.5 Å². The molecule has 0 aliphatic heterocycles. The number of hydrogen-bond acceptors (Lipinski definition) is 8. The van der Waals surface area contributed by atoms with E-state index >= 15 is 0 Å². The number of amides is 1. The molecule has 1 heterocycles. The van der Waals surface area contributed by atoms with E-state index in [9.17, 15) is 4.79 Å². The molecule has 0 aliphatic rings. The van der Waals surface area contributed by atoms with Crippen molar-refractivity contribution in [2.75, 3.05) is 34.5 Å². The first kappa shape index (κ1) is 22.5. The van der Waals surface area contributed by atoms with Crippen LogP contribution in [0.2, 0.25) is 0 Å². The fourth-order valence-corrected chi connectivity index (χ4v) is 3.39. The molecule has 3 rings (SSSR count). The Morgan fingerprint density at radius 3 is 2.71 bits per heavy atom. The zero-order valence-electron chi connectivity index (χ0n) is 17.7. The van der Waals surface area contributed by atoms with Crippen molar-refractivity contribution in [2.24, 2.45) is 0 Å². The summed E-state index contributed by atoms with van der Waals surface area (Å²) in [6.07, 6.45) is 1.29. The lowest BCUT2D eigenvalue weighted by Gasteiger charge is -2.10. The van der Waals surface area contributed by atoms with E-state index in [0.29, 0.717) is 47.7 Å². The summed E-state index contributed by atoms with van der Waals surface area (Å²) in [4.78, 5) is 16.8. The summed E-state index contributed by atoms with van der Waals surface area (Å²) in [5.74, 6) is 2.13. The molecule has 0 atom stereocenters. The molecule has 1 aromatic heterocycles. The van der Waals surface area contributed by atoms with E-state index in [1.807, 2.05) is 24.3 Å². The third-order valence-corrected chi connectivity index (χ3v) is 5.01. The Morgan fingerprint density at radius 1 is 1.06 bits per heavy atom. The summed E-state index contributed by atoms with van der Waals surface area (Å²) in [6.45, 7) is 1.12. The fraction of sp³-hybridized carbons (Fsp3) is 0.318. The van der Waals surface area contributed by atoms with Gasteiger partial charge >= 0.3 is 0 Å². The van der Waals surface area contributed by atoms with Crippen LogP contribution in [0.15, 0.2) is 42.5 Å². The summed E-state index contributed by atoms with van der Waals surface area (Å²) in [5.41, 5.74) is 1.50. The van der Waals surface area contributed by atoms with Crippen molar-refractivity contribution >= 4 is 17.4 Å². The Morgan fingerprint density at radius 2 is 1.94 bits per heavy atom. The quantitative estimate of drug-likeness (QED) is 0.452. The Labute approximate surface area is 185 Å². The van der Waals surface area contributed by atoms with E-state index in [1.54, 1.807) is 39.5 Å². The number of aromatic nitrogens is 2. The third-order valence-electron chi connectivity index (χ3n) is 4.38. The molecule has 0 radical (unpaired) electrons. The minimum absolute atomic E-state index is 0.195. The molecule has 0 spiro atoms. The third kappa shape index (κ3) is 6.40. The van der Waals surface area contributed by atoms with Gasteiger partial charge in [0.1, 0.15) is 5.75 Å². The van der Waals surface area contributed by atoms with E-state index in [0.717, 1.165) is 29.3 Å². The Balaban J connectivity index is 1.69. The van der Waals surface area contributed by atoms with Crippen molar-refractivity contribution in [3.8, 4) is 22.4 Å². The van der Waals surface area contributed by atoms with Gasteiger partial charge in [-0.25, -0.2) is 0 Å². The normalized spacial score (nSPS) is 10.5. The second kappa shape index (κ2) is 11.3. The lowest BCUT2D eigenvalue weighted by Crippen LogP contribution is -2.25. The van der Waals surface area contributed by atoms with Crippen LogP contribution in [-0.2, 0) is 11.2 Å². The van der Waals surface area contributed by atoms with Gasteiger partial charge in [0.25, 0.3) is 11.1 Å². The van der Waals surface area contributed by atoms with Crippen LogP contribution in [0.5, 0.6) is 22.4 Å². The van der Waals surface area contributed by atoms with Gasteiger partial charge in [0.15, 0.2) is 17.3 Å². The minimum atomic E-state index is -0.195. The van der Waals surface area contributed by atoms with Gasteiger partial charge in [-0.3, -0.25) is 4.79 Å². The van der Waals surface area contributed by atoms with Crippen LogP contribution in [0, 0.1) is 0 Å². The predicted molar refractivity (Wildman–Crippen MR) is 118 cm³/mol. The molecular weight excluding hydrogens is 418 g/mol. The Hall–Kier alpha value is -3.17. The van der Waals surface area contributed by atoms with Crippen LogP contribution in [-0.4, -0.2) is 49.7 Å². The first-order chi connectivity index (χ1) is 15.1. The lowest BCUT2D eigenvalue weighted by molar-refractivity contribution is 0.0948. The number of nitrogens with zero attached hydrogens (tertiary/aromatic N) is 2. The van der Waals surface area contributed by atoms with Crippen LogP contribution in [0.25, 0.3) is 0 Å². The number of nitrogens with one attached hydrogen (secondary N) is 1. The first-order valence-corrected chi connectivity index (χ1v) is 10.5. The van der Waals surface area contributed by atoms with Gasteiger partial charge in [-0.2, -0.15) is 9.36 Å². The number of ether oxygens (including phenoxy) is 4. The molecule has 31 heavy (non-hydrogen) atoms. The SMILES string of the molecule is COCCCNC(=O)c1ccc(OC)c(Oc2nc(Cc3cccc(OC)c3)ns2)c1. The van der Waals surface area contributed by atoms with E-state index in [-0.39, 0.29) is 5.91 Å². The fourth-order valence-electron chi connectivity index (χ4n) is 2.83. The number of hydrogen-bond donors (Lipinski definition) is 1. The maximum atomic E-state index is 12.4. The molecule has 0 bridgehead atoms. The lowest BCUT2D eigenvalue weighted by atomic mass is 10.1. The van der Waals surface area contributed by atoms with Crippen LogP contribution >= 0.6 is 11.5 Å². The number of rotatable bonds is 11. The maximum absolute atomic E-state index is 12.4. The van der Waals surface area contributed by atoms with Crippen LogP contribution in [0.3, 0.4) is 0 Å². The number of methoxy groups -OCH3 is 3. The van der Waals surface area contributed by atoms with Crippen molar-refractivity contribution in [2.45, 2.75) is 12.8 Å². The topological polar surface area (TPSA) is 91.8 Å². The summed E-state index contributed by atoms with van der Waals surface area (Å²) >= 11 is 1.14. The summed E-state index contributed by atoms with van der Waals surface area (Å²) < 4.78 is 25.9. The molecule has 1 N–H and O–H groups in total. The van der Waals surface area contributed by atoms with Crippen molar-refractivity contribution in [3.63, 3.8) is 0 Å². The van der Waals surface area contributed by atoms with E-state index < -0.39 is 0 Å². The molecule has 0 saturated heterocycles. The highest BCUT2D eigenvalue weighted by atomic mass is 32.1. The first-order valence-electron chi connectivity index (χ1n) is 9.71. The summed E-state index contributed by atoms with van der Waals surface area (Å²) in [6, 6.07) is 12.8. The van der Waals surface area contributed by atoms with Gasteiger partial charge in [0.05, 0.1) is 14.2 Å². The highest BCUT2D eigenvalue weighted by Gasteiger charge is 2.14. The van der Waals surface area contributed by atoms with Gasteiger partial charge in [-0.05, 0) is 42.3 Å². The van der Waals surface area contributed by atoms with E-state index in [4.69, 9.17) is 18.9 Å². The van der Waals surface area contributed by atoms with Crippen molar-refractivity contribution < 1.29 is 23.7 Å². The second-order valence-corrected chi connectivity index (χ2v) is 7.29. The molecule has 0 fully saturated rings. The minimum Gasteiger partial charge on any atom is -0.497 e. The molecule has 1 amide bonds. The average molecular weight is 444 g/mol. The van der Waals surface area contributed by atoms with Gasteiger partial charge in [-0.1, -0.05) is 12.1 Å². The van der Waals surface area contributed by atoms with Crippen molar-refractivity contribution in [1.82, 2.24) is 14.7 Å². The largest absolute Gasteiger partial charge is 0.497 e. The van der Waals surface area contributed by atoms with Gasteiger partial charge in [-0.15, -0.1) is 0 Å². The molecule has 9 heteroatoms. The zero-order valence-corrected chi connectivity index (χ0v) is 18.5. The number of carbonyl (C=O) groups is 1. The standard InChI is InChI=1S/C22H25N3O5S/c1-27-11-5-10-23-21(26)16-8-9-18(29-3)19(14-16)30-22-24-20(25-31-22)13-15-6-4-7-17(12-15)28-2/h4,6-9,12,14H,5,10-11,13H2,1-3H3,(H,23,26). The predicted octanol–water partition coefficient (Wildman–Crippen LogP) is 3.70. The van der Waals surface area contributed by atoms with Gasteiger partial charge < -0.3 is 24.3 Å². The average Bonchev–Trinajstić information content (AvgIpc) is 3.23. The number of carbonyl (C=O) groups excluding carboxylic acids is 1. The Bertz CT molecular complexity index is 1010. The molecule has 0 unspecified atom stereocenters. The molecular formula is C22H25N3O5S. The molecule has 0 aliphatic carbocycles. The maximum Gasteiger partial charge on any atom is 0.298 e. The van der Waals surface area contributed by atoms with E-state index in [2.05, 4.69) is 14.7 Å². The Kier molecular flexibility index (Phi) is 8.19. The van der Waals surface area contributed by atoms with E-state index in [1.165, 1.54) is 0 Å². The zero-order chi connectivity index (χ0) is 22.1. The monoisotopic (exact) mass is 443 g/mol. The number of benzene rings is 2. The van der Waals surface area contributed by atoms with Crippen LogP contribution in [0.4, 0.5) is 0 Å².